The van der Waals surface area contributed by atoms with E-state index < -0.39 is 0 Å². The maximum Gasteiger partial charge on any atom is 0.0455 e. The molecular formula is C64H50N2. The summed E-state index contributed by atoms with van der Waals surface area (Å²) < 4.78 is 0. The molecule has 11 aromatic carbocycles. The van der Waals surface area contributed by atoms with Crippen LogP contribution in [0.1, 0.15) is 44.5 Å². The summed E-state index contributed by atoms with van der Waals surface area (Å²) in [6, 6.07) is 80.5. The van der Waals surface area contributed by atoms with Gasteiger partial charge < -0.3 is 9.80 Å². The van der Waals surface area contributed by atoms with Crippen molar-refractivity contribution < 1.29 is 0 Å². The molecular weight excluding hydrogens is 797 g/mol. The lowest BCUT2D eigenvalue weighted by molar-refractivity contribution is 1.26. The molecule has 0 spiro atoms. The van der Waals surface area contributed by atoms with Crippen molar-refractivity contribution in [1.82, 2.24) is 0 Å². The van der Waals surface area contributed by atoms with Crippen LogP contribution < -0.4 is 9.80 Å². The molecule has 0 radical (unpaired) electrons. The molecule has 0 unspecified atom stereocenters. The molecule has 0 atom stereocenters. The van der Waals surface area contributed by atoms with E-state index in [0.29, 0.717) is 0 Å². The monoisotopic (exact) mass is 846 g/mol. The van der Waals surface area contributed by atoms with Gasteiger partial charge in [-0.3, -0.25) is 0 Å². The SMILES string of the molecule is Cc1ccc(N(C=C(c2ccccc2)c2cc3cccc4c5cccc6cccc(c(c2C(=CN(c2ccc(C)cc2)c2ccc(C)cc2)c2ccccc2)c34)c65)c2ccc(C)cc2)cc1. The Balaban J connectivity index is 1.34. The Morgan fingerprint density at radius 3 is 1.15 bits per heavy atom. The zero-order valence-electron chi connectivity index (χ0n) is 37.8. The first-order valence-electron chi connectivity index (χ1n) is 22.9. The number of benzene rings is 11. The minimum absolute atomic E-state index is 1.09. The minimum atomic E-state index is 1.09. The van der Waals surface area contributed by atoms with Crippen LogP contribution in [-0.2, 0) is 0 Å². The zero-order valence-corrected chi connectivity index (χ0v) is 37.8. The molecule has 2 heteroatoms. The summed E-state index contributed by atoms with van der Waals surface area (Å²) in [6.45, 7) is 8.61. The van der Waals surface area contributed by atoms with Gasteiger partial charge in [-0.15, -0.1) is 0 Å². The highest BCUT2D eigenvalue weighted by molar-refractivity contribution is 6.35. The van der Waals surface area contributed by atoms with Gasteiger partial charge in [0.15, 0.2) is 0 Å². The van der Waals surface area contributed by atoms with Gasteiger partial charge >= 0.3 is 0 Å². The molecule has 0 saturated carbocycles. The fourth-order valence-corrected chi connectivity index (χ4v) is 9.71. The largest absolute Gasteiger partial charge is 0.317 e. The number of aryl methyl sites for hydroxylation is 4. The third-order valence-electron chi connectivity index (χ3n) is 13.1. The van der Waals surface area contributed by atoms with Gasteiger partial charge in [-0.2, -0.15) is 0 Å². The summed E-state index contributed by atoms with van der Waals surface area (Å²) in [7, 11) is 0. The van der Waals surface area contributed by atoms with E-state index in [1.165, 1.54) is 70.9 Å². The van der Waals surface area contributed by atoms with Gasteiger partial charge in [0.2, 0.25) is 0 Å². The van der Waals surface area contributed by atoms with Crippen molar-refractivity contribution in [3.63, 3.8) is 0 Å². The second kappa shape index (κ2) is 17.1. The molecule has 0 N–H and O–H groups in total. The number of hydrogen-bond donors (Lipinski definition) is 0. The van der Waals surface area contributed by atoms with Crippen molar-refractivity contribution in [3.8, 4) is 0 Å². The minimum Gasteiger partial charge on any atom is -0.317 e. The lowest BCUT2D eigenvalue weighted by atomic mass is 9.80. The number of rotatable bonds is 10. The average molecular weight is 847 g/mol. The fourth-order valence-electron chi connectivity index (χ4n) is 9.71. The highest BCUT2D eigenvalue weighted by atomic mass is 15.1. The summed E-state index contributed by atoms with van der Waals surface area (Å²) in [5, 5.41) is 10.00. The van der Waals surface area contributed by atoms with Crippen LogP contribution in [0.5, 0.6) is 0 Å². The fraction of sp³-hybridized carbons (Fsp3) is 0.0625. The van der Waals surface area contributed by atoms with Crippen molar-refractivity contribution in [2.24, 2.45) is 0 Å². The molecule has 11 rings (SSSR count). The predicted molar refractivity (Wildman–Crippen MR) is 284 cm³/mol. The average Bonchev–Trinajstić information content (AvgIpc) is 3.36. The maximum atomic E-state index is 2.46. The van der Waals surface area contributed by atoms with Gasteiger partial charge in [0.05, 0.1) is 0 Å². The summed E-state index contributed by atoms with van der Waals surface area (Å²) in [5.74, 6) is 0. The van der Waals surface area contributed by atoms with Crippen molar-refractivity contribution in [1.29, 1.82) is 0 Å². The molecule has 0 aliphatic rings. The Bertz CT molecular complexity index is 3470. The molecule has 316 valence electrons. The van der Waals surface area contributed by atoms with Crippen LogP contribution >= 0.6 is 0 Å². The van der Waals surface area contributed by atoms with Crippen molar-refractivity contribution in [2.75, 3.05) is 9.80 Å². The van der Waals surface area contributed by atoms with E-state index in [1.54, 1.807) is 0 Å². The highest BCUT2D eigenvalue weighted by Gasteiger charge is 2.26. The van der Waals surface area contributed by atoms with Gasteiger partial charge in [0.1, 0.15) is 0 Å². The number of hydrogen-bond acceptors (Lipinski definition) is 2. The van der Waals surface area contributed by atoms with Crippen LogP contribution in [0.2, 0.25) is 0 Å². The predicted octanol–water partition coefficient (Wildman–Crippen LogP) is 17.4. The Labute approximate surface area is 388 Å². The Kier molecular flexibility index (Phi) is 10.5. The van der Waals surface area contributed by atoms with E-state index in [4.69, 9.17) is 0 Å². The molecule has 0 fully saturated rings. The van der Waals surface area contributed by atoms with Crippen molar-refractivity contribution >= 4 is 77.0 Å². The molecule has 0 aromatic heterocycles. The van der Waals surface area contributed by atoms with E-state index in [2.05, 4.69) is 268 Å². The van der Waals surface area contributed by atoms with Crippen LogP contribution in [0.3, 0.4) is 0 Å². The normalized spacial score (nSPS) is 12.1. The second-order valence-electron chi connectivity index (χ2n) is 17.7. The van der Waals surface area contributed by atoms with E-state index >= 15 is 0 Å². The molecule has 11 aromatic rings. The summed E-state index contributed by atoms with van der Waals surface area (Å²) in [6.07, 6.45) is 4.78. The van der Waals surface area contributed by atoms with Crippen molar-refractivity contribution in [2.45, 2.75) is 27.7 Å². The first-order chi connectivity index (χ1) is 32.4. The Morgan fingerprint density at radius 2 is 0.697 bits per heavy atom. The number of nitrogens with zero attached hydrogens (tertiary/aromatic N) is 2. The van der Waals surface area contributed by atoms with Gasteiger partial charge in [-0.05, 0) is 142 Å². The van der Waals surface area contributed by atoms with Crippen LogP contribution in [-0.4, -0.2) is 0 Å². The van der Waals surface area contributed by atoms with E-state index in [-0.39, 0.29) is 0 Å². The molecule has 0 aliphatic carbocycles. The first kappa shape index (κ1) is 40.6. The third kappa shape index (κ3) is 7.47. The molecule has 0 aliphatic heterocycles. The Hall–Kier alpha value is -8.20. The van der Waals surface area contributed by atoms with E-state index in [9.17, 15) is 0 Å². The van der Waals surface area contributed by atoms with Crippen LogP contribution in [0.15, 0.2) is 231 Å². The quantitative estimate of drug-likeness (QED) is 0.0999. The van der Waals surface area contributed by atoms with E-state index in [1.807, 2.05) is 0 Å². The topological polar surface area (TPSA) is 6.48 Å². The lowest BCUT2D eigenvalue weighted by Crippen LogP contribution is -2.13. The molecule has 0 amide bonds. The van der Waals surface area contributed by atoms with Gasteiger partial charge in [-0.25, -0.2) is 0 Å². The van der Waals surface area contributed by atoms with E-state index in [0.717, 1.165) is 50.6 Å². The number of anilines is 4. The maximum absolute atomic E-state index is 2.46. The van der Waals surface area contributed by atoms with Crippen LogP contribution in [0, 0.1) is 27.7 Å². The third-order valence-corrected chi connectivity index (χ3v) is 13.1. The molecule has 0 saturated heterocycles. The first-order valence-corrected chi connectivity index (χ1v) is 22.9. The molecule has 66 heavy (non-hydrogen) atoms. The van der Waals surface area contributed by atoms with Crippen LogP contribution in [0.25, 0.3) is 54.2 Å². The summed E-state index contributed by atoms with van der Waals surface area (Å²) in [5.41, 5.74) is 16.0. The Morgan fingerprint density at radius 1 is 0.318 bits per heavy atom. The molecule has 2 nitrogen and oxygen atoms in total. The summed E-state index contributed by atoms with van der Waals surface area (Å²) in [4.78, 5) is 4.74. The number of fused-ring (bicyclic) bond motifs is 2. The smallest absolute Gasteiger partial charge is 0.0455 e. The zero-order chi connectivity index (χ0) is 44.7. The van der Waals surface area contributed by atoms with Gasteiger partial charge in [-0.1, -0.05) is 186 Å². The van der Waals surface area contributed by atoms with Crippen molar-refractivity contribution in [3.05, 3.63) is 275 Å². The summed E-state index contributed by atoms with van der Waals surface area (Å²) >= 11 is 0. The molecule has 0 bridgehead atoms. The standard InChI is InChI=1S/C64H50N2/c1-43-24-32-51(33-25-43)65(52-34-26-44(2)27-35-52)41-59(47-14-7-5-8-15-47)58-40-50-20-13-22-56-55-21-11-18-49-19-12-23-57(61(49)55)64(62(50)56)63(58)60(48-16-9-6-10-17-48)42-66(53-36-28-45(3)29-37-53)54-38-30-46(4)31-39-54/h5-42H,1-4H3. The lowest BCUT2D eigenvalue weighted by Gasteiger charge is -2.28. The molecule has 0 heterocycles. The highest BCUT2D eigenvalue weighted by Crippen LogP contribution is 2.48. The van der Waals surface area contributed by atoms with Crippen LogP contribution in [0.4, 0.5) is 22.7 Å². The van der Waals surface area contributed by atoms with Gasteiger partial charge in [0, 0.05) is 51.9 Å². The second-order valence-corrected chi connectivity index (χ2v) is 17.7. The van der Waals surface area contributed by atoms with Gasteiger partial charge in [0.25, 0.3) is 0 Å².